The third-order valence-corrected chi connectivity index (χ3v) is 4.68. The van der Waals surface area contributed by atoms with E-state index in [9.17, 15) is 9.59 Å². The molecule has 152 valence electrons. The number of hydrogen-bond donors (Lipinski definition) is 2. The third kappa shape index (κ3) is 4.43. The molecule has 2 aromatic heterocycles. The highest BCUT2D eigenvalue weighted by atomic mass is 16.1. The van der Waals surface area contributed by atoms with Crippen molar-refractivity contribution in [1.29, 1.82) is 0 Å². The highest BCUT2D eigenvalue weighted by Gasteiger charge is 2.08. The Hall–Kier alpha value is -4.44. The van der Waals surface area contributed by atoms with Crippen LogP contribution >= 0.6 is 0 Å². The summed E-state index contributed by atoms with van der Waals surface area (Å²) in [7, 11) is 1.69. The second-order valence-electron chi connectivity index (χ2n) is 7.08. The molecule has 0 aliphatic rings. The molecule has 7 nitrogen and oxygen atoms in total. The van der Waals surface area contributed by atoms with Gasteiger partial charge in [0.2, 0.25) is 17.4 Å². The number of rotatable bonds is 4. The molecule has 0 saturated heterocycles. The Morgan fingerprint density at radius 3 is 2.61 bits per heavy atom. The number of fused-ring (bicyclic) bond motifs is 1. The van der Waals surface area contributed by atoms with Gasteiger partial charge in [0.15, 0.2) is 0 Å². The normalized spacial score (nSPS) is 10.5. The fraction of sp³-hybridized carbons (Fsp3) is 0.0833. The lowest BCUT2D eigenvalue weighted by molar-refractivity contribution is -0.114. The molecule has 0 aliphatic heterocycles. The fourth-order valence-corrected chi connectivity index (χ4v) is 3.22. The lowest BCUT2D eigenvalue weighted by atomic mass is 10.1. The summed E-state index contributed by atoms with van der Waals surface area (Å²) in [6.45, 7) is 1.45. The Kier molecular flexibility index (Phi) is 5.21. The van der Waals surface area contributed by atoms with E-state index in [1.165, 1.54) is 17.6 Å². The minimum atomic E-state index is -0.185. The number of carbonyl (C=O) groups is 1. The average molecular weight is 409 g/mol. The van der Waals surface area contributed by atoms with Gasteiger partial charge in [-0.3, -0.25) is 9.59 Å². The molecule has 0 aliphatic carbocycles. The number of aromatic nitrogens is 3. The summed E-state index contributed by atoms with van der Waals surface area (Å²) in [5, 5.41) is 6.84. The van der Waals surface area contributed by atoms with Crippen molar-refractivity contribution in [3.63, 3.8) is 0 Å². The van der Waals surface area contributed by atoms with Crippen molar-refractivity contribution in [1.82, 2.24) is 14.5 Å². The number of benzene rings is 2. The van der Waals surface area contributed by atoms with Crippen LogP contribution in [0.25, 0.3) is 22.0 Å². The van der Waals surface area contributed by atoms with Gasteiger partial charge in [-0.15, -0.1) is 6.42 Å². The first kappa shape index (κ1) is 19.9. The molecule has 7 heteroatoms. The molecular formula is C24H19N5O2. The molecule has 0 bridgehead atoms. The number of nitrogens with zero attached hydrogens (tertiary/aromatic N) is 3. The lowest BCUT2D eigenvalue weighted by Gasteiger charge is -2.12. The average Bonchev–Trinajstić information content (AvgIpc) is 2.74. The van der Waals surface area contributed by atoms with Gasteiger partial charge >= 0.3 is 0 Å². The molecule has 31 heavy (non-hydrogen) atoms. The van der Waals surface area contributed by atoms with Crippen LogP contribution in [0.3, 0.4) is 0 Å². The maximum atomic E-state index is 11.7. The van der Waals surface area contributed by atoms with Crippen LogP contribution in [0.1, 0.15) is 12.5 Å². The number of amides is 1. The molecular weight excluding hydrogens is 390 g/mol. The van der Waals surface area contributed by atoms with Gasteiger partial charge in [0.05, 0.1) is 5.52 Å². The van der Waals surface area contributed by atoms with Crippen molar-refractivity contribution < 1.29 is 4.79 Å². The second kappa shape index (κ2) is 8.13. The number of aryl methyl sites for hydroxylation is 1. The molecule has 0 spiro atoms. The van der Waals surface area contributed by atoms with E-state index in [0.29, 0.717) is 17.3 Å². The standard InChI is InChI=1S/C24H19N5O2/c1-4-16-5-7-22-19(9-16)13-25-24(28-22)27-21-11-18(10-20(12-21)26-15(2)30)17-6-8-23(31)29(3)14-17/h1,5-14H,2-3H3,(H,26,30)(H,25,27,28). The van der Waals surface area contributed by atoms with Crippen molar-refractivity contribution >= 4 is 34.1 Å². The van der Waals surface area contributed by atoms with Crippen molar-refractivity contribution in [3.8, 4) is 23.5 Å². The van der Waals surface area contributed by atoms with E-state index in [4.69, 9.17) is 6.42 Å². The predicted octanol–water partition coefficient (Wildman–Crippen LogP) is 3.68. The molecule has 0 unspecified atom stereocenters. The SMILES string of the molecule is C#Cc1ccc2nc(Nc3cc(NC(C)=O)cc(-c4ccc(=O)n(C)c4)c3)ncc2c1. The summed E-state index contributed by atoms with van der Waals surface area (Å²) in [6.07, 6.45) is 8.90. The smallest absolute Gasteiger partial charge is 0.250 e. The van der Waals surface area contributed by atoms with Gasteiger partial charge in [0.25, 0.3) is 0 Å². The molecule has 0 saturated carbocycles. The highest BCUT2D eigenvalue weighted by molar-refractivity contribution is 5.91. The van der Waals surface area contributed by atoms with E-state index in [1.807, 2.05) is 30.3 Å². The molecule has 4 aromatic rings. The van der Waals surface area contributed by atoms with E-state index in [-0.39, 0.29) is 11.5 Å². The molecule has 0 fully saturated rings. The Morgan fingerprint density at radius 1 is 1.06 bits per heavy atom. The van der Waals surface area contributed by atoms with Gasteiger partial charge in [-0.25, -0.2) is 9.97 Å². The zero-order valence-corrected chi connectivity index (χ0v) is 17.0. The molecule has 0 atom stereocenters. The maximum absolute atomic E-state index is 11.7. The van der Waals surface area contributed by atoms with Crippen molar-refractivity contribution in [2.75, 3.05) is 10.6 Å². The first-order valence-electron chi connectivity index (χ1n) is 9.51. The van der Waals surface area contributed by atoms with Crippen molar-refractivity contribution in [2.24, 2.45) is 7.05 Å². The minimum Gasteiger partial charge on any atom is -0.326 e. The van der Waals surface area contributed by atoms with E-state index in [0.717, 1.165) is 27.6 Å². The first-order chi connectivity index (χ1) is 14.9. The summed E-state index contributed by atoms with van der Waals surface area (Å²) >= 11 is 0. The monoisotopic (exact) mass is 409 g/mol. The zero-order chi connectivity index (χ0) is 22.0. The molecule has 0 radical (unpaired) electrons. The summed E-state index contributed by atoms with van der Waals surface area (Å²) in [6, 6.07) is 14.3. The van der Waals surface area contributed by atoms with Crippen LogP contribution in [0.2, 0.25) is 0 Å². The summed E-state index contributed by atoms with van der Waals surface area (Å²) in [5.41, 5.74) is 4.38. The summed E-state index contributed by atoms with van der Waals surface area (Å²) < 4.78 is 1.50. The zero-order valence-electron chi connectivity index (χ0n) is 17.0. The summed E-state index contributed by atoms with van der Waals surface area (Å²) in [5.74, 6) is 2.82. The lowest BCUT2D eigenvalue weighted by Crippen LogP contribution is -2.14. The van der Waals surface area contributed by atoms with Crippen LogP contribution in [0.5, 0.6) is 0 Å². The number of anilines is 3. The molecule has 2 N–H and O–H groups in total. The van der Waals surface area contributed by atoms with E-state index >= 15 is 0 Å². The fourth-order valence-electron chi connectivity index (χ4n) is 3.22. The van der Waals surface area contributed by atoms with Gasteiger partial charge < -0.3 is 15.2 Å². The molecule has 4 rings (SSSR count). The number of terminal acetylenes is 1. The number of nitrogens with one attached hydrogen (secondary N) is 2. The van der Waals surface area contributed by atoms with Crippen LogP contribution in [0.15, 0.2) is 65.7 Å². The summed E-state index contributed by atoms with van der Waals surface area (Å²) in [4.78, 5) is 32.3. The van der Waals surface area contributed by atoms with Gasteiger partial charge in [0, 0.05) is 54.8 Å². The Balaban J connectivity index is 1.73. The first-order valence-corrected chi connectivity index (χ1v) is 9.51. The van der Waals surface area contributed by atoms with E-state index in [2.05, 4.69) is 26.5 Å². The quantitative estimate of drug-likeness (QED) is 0.502. The van der Waals surface area contributed by atoms with Gasteiger partial charge in [-0.05, 0) is 53.6 Å². The third-order valence-electron chi connectivity index (χ3n) is 4.68. The van der Waals surface area contributed by atoms with Crippen LogP contribution in [-0.2, 0) is 11.8 Å². The van der Waals surface area contributed by atoms with Crippen LogP contribution in [0, 0.1) is 12.3 Å². The predicted molar refractivity (Wildman–Crippen MR) is 122 cm³/mol. The number of pyridine rings is 1. The minimum absolute atomic E-state index is 0.0994. The van der Waals surface area contributed by atoms with E-state index in [1.54, 1.807) is 31.6 Å². The number of hydrogen-bond acceptors (Lipinski definition) is 5. The van der Waals surface area contributed by atoms with Gasteiger partial charge in [-0.2, -0.15) is 0 Å². The molecule has 1 amide bonds. The van der Waals surface area contributed by atoms with Gasteiger partial charge in [-0.1, -0.05) is 5.92 Å². The molecule has 2 heterocycles. The Labute approximate surface area is 178 Å². The van der Waals surface area contributed by atoms with Crippen LogP contribution in [0.4, 0.5) is 17.3 Å². The van der Waals surface area contributed by atoms with Crippen LogP contribution in [-0.4, -0.2) is 20.4 Å². The number of carbonyl (C=O) groups excluding carboxylic acids is 1. The Bertz CT molecular complexity index is 1420. The van der Waals surface area contributed by atoms with Crippen molar-refractivity contribution in [3.05, 3.63) is 76.8 Å². The maximum Gasteiger partial charge on any atom is 0.250 e. The van der Waals surface area contributed by atoms with Crippen molar-refractivity contribution in [2.45, 2.75) is 6.92 Å². The Morgan fingerprint density at radius 2 is 1.87 bits per heavy atom. The molecule has 2 aromatic carbocycles. The largest absolute Gasteiger partial charge is 0.326 e. The second-order valence-corrected chi connectivity index (χ2v) is 7.08. The highest BCUT2D eigenvalue weighted by Crippen LogP contribution is 2.28. The van der Waals surface area contributed by atoms with Crippen LogP contribution < -0.4 is 16.2 Å². The van der Waals surface area contributed by atoms with E-state index < -0.39 is 0 Å². The topological polar surface area (TPSA) is 88.9 Å². The van der Waals surface area contributed by atoms with Gasteiger partial charge in [0.1, 0.15) is 0 Å².